The number of aliphatic hydroxyl groups is 3. The van der Waals surface area contributed by atoms with Crippen LogP contribution >= 0.6 is 11.8 Å². The van der Waals surface area contributed by atoms with Crippen molar-refractivity contribution in [1.82, 2.24) is 10.2 Å². The van der Waals surface area contributed by atoms with E-state index in [1.165, 1.54) is 0 Å². The molecule has 2 saturated heterocycles. The van der Waals surface area contributed by atoms with Crippen molar-refractivity contribution in [3.05, 3.63) is 0 Å². The van der Waals surface area contributed by atoms with E-state index >= 15 is 0 Å². The van der Waals surface area contributed by atoms with Crippen LogP contribution in [0.2, 0.25) is 0 Å². The van der Waals surface area contributed by atoms with Crippen LogP contribution in [0.1, 0.15) is 6.92 Å². The van der Waals surface area contributed by atoms with E-state index in [-0.39, 0.29) is 19.1 Å². The number of nitrogens with one attached hydrogen (secondary N) is 1. The number of hydrogen-bond acceptors (Lipinski definition) is 6. The summed E-state index contributed by atoms with van der Waals surface area (Å²) >= 11 is 1.09. The second-order valence-electron chi connectivity index (χ2n) is 4.32. The van der Waals surface area contributed by atoms with Gasteiger partial charge in [-0.1, -0.05) is 0 Å². The zero-order valence-corrected chi connectivity index (χ0v) is 10.6. The molecule has 2 fully saturated rings. The van der Waals surface area contributed by atoms with Gasteiger partial charge in [0.2, 0.25) is 5.91 Å². The molecule has 18 heavy (non-hydrogen) atoms. The highest BCUT2D eigenvalue weighted by molar-refractivity contribution is 8.01. The number of nitrogens with zero attached hydrogens (tertiary/aromatic N) is 1. The molecule has 0 aliphatic carbocycles. The van der Waals surface area contributed by atoms with E-state index in [1.807, 2.05) is 0 Å². The maximum absolute atomic E-state index is 12.1. The lowest BCUT2D eigenvalue weighted by Gasteiger charge is -2.45. The second kappa shape index (κ2) is 5.04. The Morgan fingerprint density at radius 1 is 1.33 bits per heavy atom. The van der Waals surface area contributed by atoms with E-state index in [1.54, 1.807) is 6.92 Å². The number of carbonyl (C=O) groups excluding carboxylic acids is 2. The van der Waals surface area contributed by atoms with E-state index in [2.05, 4.69) is 5.32 Å². The van der Waals surface area contributed by atoms with Crippen molar-refractivity contribution in [2.45, 2.75) is 35.7 Å². The molecule has 0 unspecified atom stereocenters. The van der Waals surface area contributed by atoms with Crippen LogP contribution in [0.3, 0.4) is 0 Å². The molecular formula is C10H16N2O5S. The molecule has 2 rings (SSSR count). The zero-order chi connectivity index (χ0) is 13.4. The van der Waals surface area contributed by atoms with Gasteiger partial charge in [0.15, 0.2) is 0 Å². The van der Waals surface area contributed by atoms with Crippen molar-refractivity contribution in [3.8, 4) is 0 Å². The molecule has 5 atom stereocenters. The van der Waals surface area contributed by atoms with Crippen molar-refractivity contribution in [2.75, 3.05) is 13.2 Å². The van der Waals surface area contributed by atoms with E-state index in [9.17, 15) is 19.8 Å². The molecule has 8 heteroatoms. The van der Waals surface area contributed by atoms with Gasteiger partial charge in [0.1, 0.15) is 11.4 Å². The minimum absolute atomic E-state index is 0.247. The van der Waals surface area contributed by atoms with Crippen LogP contribution in [0.25, 0.3) is 0 Å². The zero-order valence-electron chi connectivity index (χ0n) is 9.81. The largest absolute Gasteiger partial charge is 0.395 e. The van der Waals surface area contributed by atoms with Gasteiger partial charge < -0.3 is 20.6 Å². The number of fused-ring (bicyclic) bond motifs is 1. The number of urea groups is 1. The minimum Gasteiger partial charge on any atom is -0.395 e. The Morgan fingerprint density at radius 3 is 2.56 bits per heavy atom. The van der Waals surface area contributed by atoms with Gasteiger partial charge >= 0.3 is 6.03 Å². The number of rotatable bonds is 2. The van der Waals surface area contributed by atoms with Gasteiger partial charge in [-0.3, -0.25) is 9.69 Å². The van der Waals surface area contributed by atoms with Crippen molar-refractivity contribution in [2.24, 2.45) is 0 Å². The third-order valence-corrected chi connectivity index (χ3v) is 4.85. The van der Waals surface area contributed by atoms with Gasteiger partial charge in [-0.25, -0.2) is 4.79 Å². The number of thioether (sulfide) groups is 1. The molecule has 0 aromatic heterocycles. The molecule has 4 N–H and O–H groups in total. The lowest BCUT2D eigenvalue weighted by molar-refractivity contribution is -0.131. The van der Waals surface area contributed by atoms with Gasteiger partial charge in [0.05, 0.1) is 24.0 Å². The highest BCUT2D eigenvalue weighted by Gasteiger charge is 2.51. The molecule has 0 spiro atoms. The molecule has 2 aliphatic rings. The Balaban J connectivity index is 2.25. The minimum atomic E-state index is -1.25. The van der Waals surface area contributed by atoms with Crippen LogP contribution < -0.4 is 5.32 Å². The van der Waals surface area contributed by atoms with E-state index in [0.29, 0.717) is 0 Å². The Labute approximate surface area is 108 Å². The Morgan fingerprint density at radius 2 is 2.00 bits per heavy atom. The Bertz CT molecular complexity index is 366. The number of carbonyl (C=O) groups is 2. The SMILES string of the molecule is CCN1C(=O)N[C@@H]2[C@@H](O)[C@H](O)[C@@H](CO)S[C@@H]2C1=O. The molecule has 2 heterocycles. The van der Waals surface area contributed by atoms with Gasteiger partial charge in [0.25, 0.3) is 0 Å². The highest BCUT2D eigenvalue weighted by atomic mass is 32.2. The van der Waals surface area contributed by atoms with Crippen LogP contribution in [0.4, 0.5) is 4.79 Å². The summed E-state index contributed by atoms with van der Waals surface area (Å²) in [5.74, 6) is -0.388. The second-order valence-corrected chi connectivity index (χ2v) is 5.70. The van der Waals surface area contributed by atoms with Gasteiger partial charge in [-0.05, 0) is 6.92 Å². The van der Waals surface area contributed by atoms with Crippen molar-refractivity contribution < 1.29 is 24.9 Å². The molecule has 0 aromatic carbocycles. The third kappa shape index (κ3) is 1.99. The first-order valence-corrected chi connectivity index (χ1v) is 6.69. The molecule has 0 aromatic rings. The lowest BCUT2D eigenvalue weighted by atomic mass is 9.96. The number of amides is 3. The van der Waals surface area contributed by atoms with Crippen LogP contribution in [0.5, 0.6) is 0 Å². The fourth-order valence-corrected chi connectivity index (χ4v) is 3.69. The first kappa shape index (κ1) is 13.6. The quantitative estimate of drug-likeness (QED) is 0.470. The summed E-state index contributed by atoms with van der Waals surface area (Å²) < 4.78 is 0. The van der Waals surface area contributed by atoms with E-state index in [4.69, 9.17) is 5.11 Å². The van der Waals surface area contributed by atoms with E-state index in [0.717, 1.165) is 16.7 Å². The van der Waals surface area contributed by atoms with Crippen molar-refractivity contribution >= 4 is 23.7 Å². The summed E-state index contributed by atoms with van der Waals surface area (Å²) in [7, 11) is 0. The normalized spacial score (nSPS) is 40.4. The molecule has 2 aliphatic heterocycles. The van der Waals surface area contributed by atoms with Crippen molar-refractivity contribution in [3.63, 3.8) is 0 Å². The number of imide groups is 1. The Kier molecular flexibility index (Phi) is 3.81. The predicted octanol–water partition coefficient (Wildman–Crippen LogP) is -1.88. The number of hydrogen-bond donors (Lipinski definition) is 4. The highest BCUT2D eigenvalue weighted by Crippen LogP contribution is 2.35. The van der Waals surface area contributed by atoms with E-state index < -0.39 is 34.8 Å². The standard InChI is InChI=1S/C10H16N2O5S/c1-2-12-9(16)8-5(11-10(12)17)7(15)6(14)4(3-13)18-8/h4-8,13-15H,2-3H2,1H3,(H,11,17)/t4-,5-,6-,7-,8+/m1/s1. The molecule has 3 amide bonds. The third-order valence-electron chi connectivity index (χ3n) is 3.29. The fourth-order valence-electron chi connectivity index (χ4n) is 2.26. The molecule has 0 radical (unpaired) electrons. The molecule has 7 nitrogen and oxygen atoms in total. The summed E-state index contributed by atoms with van der Waals surface area (Å²) in [4.78, 5) is 24.8. The average molecular weight is 276 g/mol. The van der Waals surface area contributed by atoms with Gasteiger partial charge in [0, 0.05) is 6.54 Å². The van der Waals surface area contributed by atoms with Crippen molar-refractivity contribution in [1.29, 1.82) is 0 Å². The summed E-state index contributed by atoms with van der Waals surface area (Å²) in [6, 6.07) is -1.37. The number of aliphatic hydroxyl groups excluding tert-OH is 3. The predicted molar refractivity (Wildman–Crippen MR) is 64.0 cm³/mol. The average Bonchev–Trinajstić information content (AvgIpc) is 2.35. The van der Waals surface area contributed by atoms with Crippen LogP contribution in [-0.2, 0) is 4.79 Å². The smallest absolute Gasteiger partial charge is 0.324 e. The topological polar surface area (TPSA) is 110 Å². The maximum atomic E-state index is 12.1. The van der Waals surface area contributed by atoms with Crippen LogP contribution in [0, 0.1) is 0 Å². The molecular weight excluding hydrogens is 260 g/mol. The monoisotopic (exact) mass is 276 g/mol. The molecule has 102 valence electrons. The summed E-state index contributed by atoms with van der Waals surface area (Å²) in [6.07, 6.45) is -2.41. The summed E-state index contributed by atoms with van der Waals surface area (Å²) in [5, 5.41) is 30.0. The lowest BCUT2D eigenvalue weighted by Crippen LogP contribution is -2.70. The van der Waals surface area contributed by atoms with Crippen LogP contribution in [-0.4, -0.2) is 74.1 Å². The summed E-state index contributed by atoms with van der Waals surface area (Å²) in [6.45, 7) is 1.59. The summed E-state index contributed by atoms with van der Waals surface area (Å²) in [5.41, 5.74) is 0. The Hall–Kier alpha value is -0.830. The van der Waals surface area contributed by atoms with Gasteiger partial charge in [-0.2, -0.15) is 0 Å². The van der Waals surface area contributed by atoms with Crippen LogP contribution in [0.15, 0.2) is 0 Å². The first-order valence-electron chi connectivity index (χ1n) is 5.75. The molecule has 0 bridgehead atoms. The molecule has 0 saturated carbocycles. The maximum Gasteiger partial charge on any atom is 0.324 e. The first-order chi connectivity index (χ1) is 8.51. The van der Waals surface area contributed by atoms with Gasteiger partial charge in [-0.15, -0.1) is 11.8 Å². The fraction of sp³-hybridized carbons (Fsp3) is 0.800.